The summed E-state index contributed by atoms with van der Waals surface area (Å²) >= 11 is 2.08. The molecule has 0 amide bonds. The van der Waals surface area contributed by atoms with E-state index in [2.05, 4.69) is 58.5 Å². The number of fused-ring (bicyclic) bond motifs is 1. The monoisotopic (exact) mass is 525 g/mol. The number of benzene rings is 2. The lowest BCUT2D eigenvalue weighted by atomic mass is 10.1. The fourth-order valence-electron chi connectivity index (χ4n) is 2.74. The molecule has 1 heterocycles. The molecule has 0 unspecified atom stereocenters. The molecule has 3 aromatic rings. The average Bonchev–Trinajstić information content (AvgIpc) is 2.75. The van der Waals surface area contributed by atoms with Gasteiger partial charge in [-0.1, -0.05) is 35.9 Å². The van der Waals surface area contributed by atoms with Crippen molar-refractivity contribution in [2.45, 2.75) is 6.92 Å². The van der Waals surface area contributed by atoms with Crippen molar-refractivity contribution in [1.82, 2.24) is 4.98 Å². The Morgan fingerprint density at radius 1 is 0.828 bits per heavy atom. The van der Waals surface area contributed by atoms with Gasteiger partial charge in [0.25, 0.3) is 0 Å². The normalized spacial score (nSPS) is 11.1. The summed E-state index contributed by atoms with van der Waals surface area (Å²) in [7, 11) is 1.31. The Kier molecular flexibility index (Phi) is 9.49. The fraction of sp³-hybridized carbons (Fsp3) is 0.318. The van der Waals surface area contributed by atoms with Gasteiger partial charge < -0.3 is 18.4 Å². The van der Waals surface area contributed by atoms with Crippen LogP contribution in [0.3, 0.4) is 0 Å². The van der Waals surface area contributed by atoms with Gasteiger partial charge in [0.15, 0.2) is 0 Å². The van der Waals surface area contributed by atoms with Crippen molar-refractivity contribution in [2.75, 3.05) is 39.6 Å². The van der Waals surface area contributed by atoms with E-state index in [0.29, 0.717) is 39.6 Å². The molecule has 0 aliphatic heterocycles. The zero-order chi connectivity index (χ0) is 20.3. The first kappa shape index (κ1) is 22.3. The van der Waals surface area contributed by atoms with Crippen molar-refractivity contribution in [2.24, 2.45) is 0 Å². The molecule has 7 heteroatoms. The molecule has 3 rings (SSSR count). The zero-order valence-electron chi connectivity index (χ0n) is 16.3. The third kappa shape index (κ3) is 7.42. The van der Waals surface area contributed by atoms with Crippen LogP contribution < -0.4 is 4.74 Å². The Hall–Kier alpha value is -1.39. The van der Waals surface area contributed by atoms with Gasteiger partial charge in [0.05, 0.1) is 53.5 Å². The smallest absolute Gasteiger partial charge is 0.120 e. The van der Waals surface area contributed by atoms with Crippen LogP contribution in [-0.2, 0) is 13.7 Å². The van der Waals surface area contributed by atoms with E-state index in [1.54, 1.807) is 0 Å². The molecule has 2 aromatic carbocycles. The van der Waals surface area contributed by atoms with Crippen LogP contribution in [0.4, 0.5) is 0 Å². The van der Waals surface area contributed by atoms with Gasteiger partial charge in [-0.3, -0.25) is 0 Å². The summed E-state index contributed by atoms with van der Waals surface area (Å²) in [5.41, 5.74) is 4.29. The van der Waals surface area contributed by atoms with Gasteiger partial charge in [-0.25, -0.2) is 4.98 Å². The molecule has 29 heavy (non-hydrogen) atoms. The summed E-state index contributed by atoms with van der Waals surface area (Å²) < 4.78 is 21.8. The van der Waals surface area contributed by atoms with E-state index in [0.717, 1.165) is 27.9 Å². The van der Waals surface area contributed by atoms with E-state index in [-0.39, 0.29) is 0 Å². The van der Waals surface area contributed by atoms with E-state index in [1.807, 2.05) is 24.3 Å². The lowest BCUT2D eigenvalue weighted by Crippen LogP contribution is -2.12. The van der Waals surface area contributed by atoms with Gasteiger partial charge in [-0.05, 0) is 31.2 Å². The molecule has 0 aliphatic carbocycles. The summed E-state index contributed by atoms with van der Waals surface area (Å²) in [4.78, 5) is 4.77. The van der Waals surface area contributed by atoms with Crippen molar-refractivity contribution >= 4 is 41.3 Å². The number of aromatic nitrogens is 1. The summed E-state index contributed by atoms with van der Waals surface area (Å²) in [5.74, 6) is 0.815. The van der Waals surface area contributed by atoms with E-state index < -0.39 is 0 Å². The Balaban J connectivity index is 1.43. The third-order valence-corrected chi connectivity index (χ3v) is 5.25. The van der Waals surface area contributed by atoms with E-state index >= 15 is 0 Å². The van der Waals surface area contributed by atoms with Crippen molar-refractivity contribution in [3.63, 3.8) is 0 Å². The average molecular weight is 525 g/mol. The Morgan fingerprint density at radius 3 is 2.31 bits per heavy atom. The summed E-state index contributed by atoms with van der Waals surface area (Å²) in [6.07, 6.45) is 0. The SMILES string of the molecule is Cc1ccc(-c2ccc3cc(OCCOCCOCCOSI)ccc3n2)cc1. The van der Waals surface area contributed by atoms with Crippen molar-refractivity contribution < 1.29 is 18.4 Å². The summed E-state index contributed by atoms with van der Waals surface area (Å²) in [5, 5.41) is 1.06. The van der Waals surface area contributed by atoms with Crippen LogP contribution in [0.5, 0.6) is 5.75 Å². The quantitative estimate of drug-likeness (QED) is 0.173. The van der Waals surface area contributed by atoms with E-state index in [9.17, 15) is 0 Å². The Bertz CT molecular complexity index is 892. The Morgan fingerprint density at radius 2 is 1.55 bits per heavy atom. The van der Waals surface area contributed by atoms with Crippen molar-refractivity contribution in [3.05, 3.63) is 60.2 Å². The maximum Gasteiger partial charge on any atom is 0.120 e. The van der Waals surface area contributed by atoms with Gasteiger partial charge in [0, 0.05) is 32.2 Å². The standard InChI is InChI=1S/C22H24INO4S/c1-17-2-4-18(5-3-17)21-8-6-19-16-20(7-9-22(19)24-21)27-14-12-25-10-11-26-13-15-28-29-23/h2-9,16H,10-15H2,1H3. The topological polar surface area (TPSA) is 49.8 Å². The van der Waals surface area contributed by atoms with Crippen LogP contribution in [0.25, 0.3) is 22.2 Å². The van der Waals surface area contributed by atoms with Gasteiger partial charge in [-0.15, -0.1) is 0 Å². The second kappa shape index (κ2) is 12.3. The molecule has 1 aromatic heterocycles. The van der Waals surface area contributed by atoms with Gasteiger partial charge >= 0.3 is 0 Å². The molecule has 154 valence electrons. The van der Waals surface area contributed by atoms with Crippen LogP contribution in [0.2, 0.25) is 0 Å². The third-order valence-electron chi connectivity index (χ3n) is 4.23. The molecule has 0 fully saturated rings. The first-order chi connectivity index (χ1) is 14.3. The number of rotatable bonds is 12. The Labute approximate surface area is 187 Å². The van der Waals surface area contributed by atoms with E-state index in [1.165, 1.54) is 14.8 Å². The van der Waals surface area contributed by atoms with Crippen LogP contribution >= 0.6 is 30.4 Å². The van der Waals surface area contributed by atoms with Crippen LogP contribution in [-0.4, -0.2) is 44.6 Å². The first-order valence-electron chi connectivity index (χ1n) is 9.42. The number of nitrogens with zero attached hydrogens (tertiary/aromatic N) is 1. The number of aryl methyl sites for hydroxylation is 1. The zero-order valence-corrected chi connectivity index (χ0v) is 19.3. The molecule has 0 atom stereocenters. The molecule has 5 nitrogen and oxygen atoms in total. The molecular formula is C22H24INO4S. The highest BCUT2D eigenvalue weighted by atomic mass is 127. The number of halogens is 1. The van der Waals surface area contributed by atoms with Crippen molar-refractivity contribution in [1.29, 1.82) is 0 Å². The molecule has 0 saturated heterocycles. The maximum atomic E-state index is 5.78. The highest BCUT2D eigenvalue weighted by molar-refractivity contribution is 14.2. The second-order valence-corrected chi connectivity index (χ2v) is 7.82. The number of hydrogen-bond acceptors (Lipinski definition) is 6. The molecular weight excluding hydrogens is 501 g/mol. The van der Waals surface area contributed by atoms with Crippen LogP contribution in [0, 0.1) is 6.92 Å². The minimum absolute atomic E-state index is 0.495. The number of hydrogen-bond donors (Lipinski definition) is 0. The van der Waals surface area contributed by atoms with Crippen LogP contribution in [0.1, 0.15) is 5.56 Å². The minimum Gasteiger partial charge on any atom is -0.491 e. The van der Waals surface area contributed by atoms with Crippen molar-refractivity contribution in [3.8, 4) is 17.0 Å². The lowest BCUT2D eigenvalue weighted by molar-refractivity contribution is 0.0293. The van der Waals surface area contributed by atoms with E-state index in [4.69, 9.17) is 23.4 Å². The second-order valence-electron chi connectivity index (χ2n) is 6.38. The van der Waals surface area contributed by atoms with Crippen LogP contribution in [0.15, 0.2) is 54.6 Å². The molecule has 0 bridgehead atoms. The highest BCUT2D eigenvalue weighted by Gasteiger charge is 2.03. The predicted molar refractivity (Wildman–Crippen MR) is 127 cm³/mol. The lowest BCUT2D eigenvalue weighted by Gasteiger charge is -2.09. The molecule has 0 N–H and O–H groups in total. The molecule has 0 spiro atoms. The highest BCUT2D eigenvalue weighted by Crippen LogP contribution is 2.24. The summed E-state index contributed by atoms with van der Waals surface area (Å²) in [6.45, 7) is 5.36. The summed E-state index contributed by atoms with van der Waals surface area (Å²) in [6, 6.07) is 18.5. The number of pyridine rings is 1. The fourth-order valence-corrected chi connectivity index (χ4v) is 3.41. The number of ether oxygens (including phenoxy) is 3. The largest absolute Gasteiger partial charge is 0.491 e. The molecule has 0 saturated carbocycles. The van der Waals surface area contributed by atoms with Gasteiger partial charge in [-0.2, -0.15) is 0 Å². The maximum absolute atomic E-state index is 5.78. The minimum atomic E-state index is 0.495. The first-order valence-corrected chi connectivity index (χ1v) is 12.7. The van der Waals surface area contributed by atoms with Gasteiger partial charge in [0.2, 0.25) is 0 Å². The predicted octanol–water partition coefficient (Wildman–Crippen LogP) is 5.64. The molecule has 0 radical (unpaired) electrons. The molecule has 0 aliphatic rings. The van der Waals surface area contributed by atoms with Gasteiger partial charge in [0.1, 0.15) is 12.4 Å².